The van der Waals surface area contributed by atoms with Crippen LogP contribution in [-0.2, 0) is 13.3 Å². The minimum atomic E-state index is -6.90. The fourth-order valence-electron chi connectivity index (χ4n) is 1.43. The molecule has 22 heavy (non-hydrogen) atoms. The lowest BCUT2D eigenvalue weighted by Crippen LogP contribution is -2.61. The highest BCUT2D eigenvalue weighted by molar-refractivity contribution is 6.60. The highest BCUT2D eigenvalue weighted by atomic mass is 28.4. The van der Waals surface area contributed by atoms with Crippen LogP contribution in [0.4, 0.5) is 39.5 Å². The summed E-state index contributed by atoms with van der Waals surface area (Å²) >= 11 is 0. The molecule has 0 aliphatic carbocycles. The second-order valence-electron chi connectivity index (χ2n) is 4.15. The first-order valence-corrected chi connectivity index (χ1v) is 7.43. The van der Waals surface area contributed by atoms with Crippen LogP contribution in [0.2, 0.25) is 6.04 Å². The van der Waals surface area contributed by atoms with Gasteiger partial charge in [-0.2, -0.15) is 39.5 Å². The zero-order chi connectivity index (χ0) is 18.0. The van der Waals surface area contributed by atoms with Gasteiger partial charge < -0.3 is 13.3 Å². The summed E-state index contributed by atoms with van der Waals surface area (Å²) in [5.41, 5.74) is 0. The van der Waals surface area contributed by atoms with Gasteiger partial charge in [-0.3, -0.25) is 0 Å². The highest BCUT2D eigenvalue weighted by Crippen LogP contribution is 2.54. The lowest BCUT2D eigenvalue weighted by Gasteiger charge is -2.34. The van der Waals surface area contributed by atoms with E-state index >= 15 is 0 Å². The second kappa shape index (κ2) is 6.53. The molecule has 0 heterocycles. The molecular formula is C9H13F9O3Si. The third-order valence-corrected chi connectivity index (χ3v) is 5.62. The van der Waals surface area contributed by atoms with Crippen molar-refractivity contribution < 1.29 is 52.8 Å². The second-order valence-corrected chi connectivity index (χ2v) is 7.24. The van der Waals surface area contributed by atoms with Crippen LogP contribution in [0.5, 0.6) is 0 Å². The maximum Gasteiger partial charge on any atom is 0.500 e. The van der Waals surface area contributed by atoms with Gasteiger partial charge in [0.1, 0.15) is 0 Å². The normalized spacial score (nSPS) is 15.3. The molecule has 0 aliphatic heterocycles. The van der Waals surface area contributed by atoms with E-state index in [0.29, 0.717) is 0 Å². The first-order chi connectivity index (χ1) is 9.64. The summed E-state index contributed by atoms with van der Waals surface area (Å²) in [5, 5.41) is 0. The van der Waals surface area contributed by atoms with E-state index < -0.39 is 45.2 Å². The predicted molar refractivity (Wildman–Crippen MR) is 57.1 cm³/mol. The topological polar surface area (TPSA) is 27.7 Å². The van der Waals surface area contributed by atoms with Gasteiger partial charge >= 0.3 is 32.7 Å². The summed E-state index contributed by atoms with van der Waals surface area (Å²) in [4.78, 5) is 0. The van der Waals surface area contributed by atoms with Gasteiger partial charge in [-0.05, 0) is 0 Å². The molecule has 0 unspecified atom stereocenters. The molecule has 3 nitrogen and oxygen atoms in total. The molecule has 0 bridgehead atoms. The highest BCUT2D eigenvalue weighted by Gasteiger charge is 2.81. The molecule has 0 aromatic rings. The third-order valence-electron chi connectivity index (χ3n) is 2.89. The van der Waals surface area contributed by atoms with E-state index in [0.717, 1.165) is 21.3 Å². The lowest BCUT2D eigenvalue weighted by molar-refractivity contribution is -0.396. The van der Waals surface area contributed by atoms with Gasteiger partial charge in [0, 0.05) is 33.8 Å². The largest absolute Gasteiger partial charge is 0.500 e. The molecule has 0 N–H and O–H groups in total. The summed E-state index contributed by atoms with van der Waals surface area (Å²) in [6, 6.07) is -1.09. The number of alkyl halides is 9. The van der Waals surface area contributed by atoms with Crippen LogP contribution in [0.1, 0.15) is 6.42 Å². The quantitative estimate of drug-likeness (QED) is 0.483. The summed E-state index contributed by atoms with van der Waals surface area (Å²) in [6.45, 7) is 0. The van der Waals surface area contributed by atoms with Crippen molar-refractivity contribution in [3.8, 4) is 0 Å². The zero-order valence-electron chi connectivity index (χ0n) is 11.5. The Kier molecular flexibility index (Phi) is 6.37. The van der Waals surface area contributed by atoms with E-state index in [1.165, 1.54) is 0 Å². The molecule has 0 saturated carbocycles. The Morgan fingerprint density at radius 3 is 1.32 bits per heavy atom. The van der Waals surface area contributed by atoms with Gasteiger partial charge in [0.25, 0.3) is 0 Å². The van der Waals surface area contributed by atoms with Crippen LogP contribution < -0.4 is 0 Å². The summed E-state index contributed by atoms with van der Waals surface area (Å²) in [7, 11) is -1.06. The average Bonchev–Trinajstić information content (AvgIpc) is 2.39. The van der Waals surface area contributed by atoms with Crippen LogP contribution in [0, 0.1) is 0 Å². The first kappa shape index (κ1) is 21.5. The summed E-state index contributed by atoms with van der Waals surface area (Å²) in [5.74, 6) is -19.2. The fraction of sp³-hybridized carbons (Fsp3) is 1.00. The van der Waals surface area contributed by atoms with E-state index in [-0.39, 0.29) is 0 Å². The molecule has 0 amide bonds. The molecule has 0 aromatic carbocycles. The van der Waals surface area contributed by atoms with Gasteiger partial charge in [-0.15, -0.1) is 0 Å². The molecule has 0 atom stereocenters. The Labute approximate surface area is 120 Å². The Hall–Kier alpha value is -0.533. The Morgan fingerprint density at radius 1 is 0.682 bits per heavy atom. The van der Waals surface area contributed by atoms with E-state index in [1.807, 2.05) is 0 Å². The maximum absolute atomic E-state index is 13.3. The van der Waals surface area contributed by atoms with Crippen molar-refractivity contribution in [3.05, 3.63) is 0 Å². The van der Waals surface area contributed by atoms with Crippen LogP contribution in [-0.4, -0.2) is 54.1 Å². The maximum atomic E-state index is 13.3. The van der Waals surface area contributed by atoms with Gasteiger partial charge in [0.05, 0.1) is 0 Å². The standard InChI is InChI=1S/C9H13F9O3Si/c1-19-22(20-2,21-3)5-4-6(10,11)7(12,13)8(14,15)9(16,17)18/h4-5H2,1-3H3. The Morgan fingerprint density at radius 2 is 1.05 bits per heavy atom. The van der Waals surface area contributed by atoms with Crippen molar-refractivity contribution in [3.63, 3.8) is 0 Å². The van der Waals surface area contributed by atoms with Crippen molar-refractivity contribution in [2.24, 2.45) is 0 Å². The van der Waals surface area contributed by atoms with E-state index in [1.54, 1.807) is 0 Å². The molecule has 0 rings (SSSR count). The van der Waals surface area contributed by atoms with Gasteiger partial charge in [-0.25, -0.2) is 0 Å². The van der Waals surface area contributed by atoms with Crippen molar-refractivity contribution in [2.45, 2.75) is 36.4 Å². The molecular weight excluding hydrogens is 355 g/mol. The number of halogens is 9. The van der Waals surface area contributed by atoms with Crippen LogP contribution in [0.3, 0.4) is 0 Å². The third kappa shape index (κ3) is 3.68. The number of hydrogen-bond acceptors (Lipinski definition) is 3. The lowest BCUT2D eigenvalue weighted by atomic mass is 10.0. The molecule has 13 heteroatoms. The number of rotatable bonds is 8. The van der Waals surface area contributed by atoms with Crippen LogP contribution in [0.25, 0.3) is 0 Å². The van der Waals surface area contributed by atoms with Gasteiger partial charge in [0.2, 0.25) is 0 Å². The summed E-state index contributed by atoms with van der Waals surface area (Å²) < 4.78 is 127. The SMILES string of the molecule is CO[Si](CCC(F)(F)C(F)(F)C(F)(F)C(F)(F)F)(OC)OC. The van der Waals surface area contributed by atoms with Crippen molar-refractivity contribution in [2.75, 3.05) is 21.3 Å². The molecule has 0 fully saturated rings. The summed E-state index contributed by atoms with van der Waals surface area (Å²) in [6.07, 6.45) is -8.88. The van der Waals surface area contributed by atoms with Crippen LogP contribution >= 0.6 is 0 Å². The smallest absolute Gasteiger partial charge is 0.377 e. The molecule has 0 aliphatic rings. The minimum Gasteiger partial charge on any atom is -0.377 e. The fourth-order valence-corrected chi connectivity index (χ4v) is 3.16. The van der Waals surface area contributed by atoms with Crippen molar-refractivity contribution in [1.29, 1.82) is 0 Å². The molecule has 134 valence electrons. The molecule has 0 radical (unpaired) electrons. The van der Waals surface area contributed by atoms with Crippen LogP contribution in [0.15, 0.2) is 0 Å². The first-order valence-electron chi connectivity index (χ1n) is 5.50. The average molecular weight is 368 g/mol. The zero-order valence-corrected chi connectivity index (χ0v) is 12.5. The van der Waals surface area contributed by atoms with E-state index in [4.69, 9.17) is 0 Å². The Bertz CT molecular complexity index is 360. The van der Waals surface area contributed by atoms with Crippen molar-refractivity contribution in [1.82, 2.24) is 0 Å². The van der Waals surface area contributed by atoms with Gasteiger partial charge in [-0.1, -0.05) is 0 Å². The molecule has 0 spiro atoms. The van der Waals surface area contributed by atoms with E-state index in [9.17, 15) is 39.5 Å². The Balaban J connectivity index is 5.39. The minimum absolute atomic E-state index is 0.930. The monoisotopic (exact) mass is 368 g/mol. The van der Waals surface area contributed by atoms with E-state index in [2.05, 4.69) is 13.3 Å². The van der Waals surface area contributed by atoms with Crippen molar-refractivity contribution >= 4 is 8.80 Å². The number of hydrogen-bond donors (Lipinski definition) is 0. The molecule has 0 aromatic heterocycles. The molecule has 0 saturated heterocycles. The van der Waals surface area contributed by atoms with Gasteiger partial charge in [0.15, 0.2) is 0 Å². The predicted octanol–water partition coefficient (Wildman–Crippen LogP) is 3.72.